The largest absolute Gasteiger partial charge is 0.393 e. The number of aliphatic hydroxyl groups is 1. The second kappa shape index (κ2) is 5.23. The zero-order valence-corrected chi connectivity index (χ0v) is 15.0. The Labute approximate surface area is 137 Å². The van der Waals surface area contributed by atoms with Gasteiger partial charge in [0.2, 0.25) is 0 Å². The number of fused-ring (bicyclic) bond motifs is 5. The Morgan fingerprint density at radius 3 is 2.36 bits per heavy atom. The molecule has 1 nitrogen and oxygen atoms in total. The van der Waals surface area contributed by atoms with E-state index in [4.69, 9.17) is 0 Å². The fourth-order valence-electron chi connectivity index (χ4n) is 8.13. The normalized spacial score (nSPS) is 55.9. The molecule has 0 aromatic carbocycles. The Morgan fingerprint density at radius 1 is 0.818 bits per heavy atom. The van der Waals surface area contributed by atoms with Gasteiger partial charge < -0.3 is 5.11 Å². The SMILES string of the molecule is CC(O)[C@H]1CCC2C3CC[C@H]4CCCC[C@]4(C)C3CC[C@@]21C. The fourth-order valence-corrected chi connectivity index (χ4v) is 8.13. The highest BCUT2D eigenvalue weighted by Crippen LogP contribution is 2.67. The first-order valence-electron chi connectivity index (χ1n) is 10.1. The molecule has 0 aromatic rings. The van der Waals surface area contributed by atoms with Crippen LogP contribution < -0.4 is 0 Å². The highest BCUT2D eigenvalue weighted by atomic mass is 16.3. The highest BCUT2D eigenvalue weighted by molar-refractivity contribution is 5.09. The molecule has 0 spiro atoms. The zero-order valence-electron chi connectivity index (χ0n) is 15.0. The van der Waals surface area contributed by atoms with Gasteiger partial charge in [0.1, 0.15) is 0 Å². The standard InChI is InChI=1S/C21H36O/c1-14(22)17-9-10-18-16-8-7-15-6-4-5-12-20(15,2)19(16)11-13-21(17,18)3/h14-19,22H,4-13H2,1-3H3/t14?,15-,16?,17-,18?,19?,20+,21-/m1/s1. The lowest BCUT2D eigenvalue weighted by Gasteiger charge is -2.60. The number of rotatable bonds is 1. The molecule has 22 heavy (non-hydrogen) atoms. The minimum absolute atomic E-state index is 0.104. The molecule has 0 amide bonds. The van der Waals surface area contributed by atoms with Crippen molar-refractivity contribution in [2.45, 2.75) is 91.1 Å². The van der Waals surface area contributed by atoms with E-state index in [9.17, 15) is 5.11 Å². The first-order chi connectivity index (χ1) is 10.5. The monoisotopic (exact) mass is 304 g/mol. The number of hydrogen-bond acceptors (Lipinski definition) is 1. The lowest BCUT2D eigenvalue weighted by Crippen LogP contribution is -2.53. The highest BCUT2D eigenvalue weighted by Gasteiger charge is 2.60. The summed E-state index contributed by atoms with van der Waals surface area (Å²) >= 11 is 0. The Bertz CT molecular complexity index is 430. The third-order valence-electron chi connectivity index (χ3n) is 9.24. The molecule has 126 valence electrons. The summed E-state index contributed by atoms with van der Waals surface area (Å²) in [5.74, 6) is 4.47. The maximum atomic E-state index is 10.3. The van der Waals surface area contributed by atoms with Crippen LogP contribution in [-0.2, 0) is 0 Å². The van der Waals surface area contributed by atoms with Crippen LogP contribution in [0.3, 0.4) is 0 Å². The van der Waals surface area contributed by atoms with Crippen molar-refractivity contribution in [3.05, 3.63) is 0 Å². The average Bonchev–Trinajstić information content (AvgIpc) is 2.84. The van der Waals surface area contributed by atoms with E-state index >= 15 is 0 Å². The van der Waals surface area contributed by atoms with Gasteiger partial charge in [-0.2, -0.15) is 0 Å². The van der Waals surface area contributed by atoms with Crippen molar-refractivity contribution < 1.29 is 5.11 Å². The van der Waals surface area contributed by atoms with Crippen LogP contribution in [-0.4, -0.2) is 11.2 Å². The smallest absolute Gasteiger partial charge is 0.0545 e. The second-order valence-corrected chi connectivity index (χ2v) is 9.87. The summed E-state index contributed by atoms with van der Waals surface area (Å²) in [6, 6.07) is 0. The molecule has 1 N–H and O–H groups in total. The summed E-state index contributed by atoms with van der Waals surface area (Å²) in [5.41, 5.74) is 1.10. The molecule has 4 aliphatic rings. The molecule has 0 aromatic heterocycles. The van der Waals surface area contributed by atoms with Crippen LogP contribution in [0.5, 0.6) is 0 Å². The molecular weight excluding hydrogens is 268 g/mol. The minimum Gasteiger partial charge on any atom is -0.393 e. The van der Waals surface area contributed by atoms with Crippen LogP contribution in [0.2, 0.25) is 0 Å². The molecule has 4 fully saturated rings. The van der Waals surface area contributed by atoms with Crippen LogP contribution in [0.15, 0.2) is 0 Å². The molecule has 4 unspecified atom stereocenters. The van der Waals surface area contributed by atoms with Crippen molar-refractivity contribution in [2.24, 2.45) is 40.4 Å². The van der Waals surface area contributed by atoms with Crippen LogP contribution in [0.25, 0.3) is 0 Å². The Hall–Kier alpha value is -0.0400. The maximum absolute atomic E-state index is 10.3. The van der Waals surface area contributed by atoms with Crippen molar-refractivity contribution in [3.8, 4) is 0 Å². The Morgan fingerprint density at radius 2 is 1.59 bits per heavy atom. The summed E-state index contributed by atoms with van der Waals surface area (Å²) in [5, 5.41) is 10.3. The van der Waals surface area contributed by atoms with Gasteiger partial charge in [-0.15, -0.1) is 0 Å². The van der Waals surface area contributed by atoms with Gasteiger partial charge in [0.05, 0.1) is 6.10 Å². The van der Waals surface area contributed by atoms with E-state index in [1.165, 1.54) is 64.2 Å². The topological polar surface area (TPSA) is 20.2 Å². The molecule has 4 rings (SSSR count). The minimum atomic E-state index is -0.104. The third kappa shape index (κ3) is 2.00. The van der Waals surface area contributed by atoms with Gasteiger partial charge in [0.25, 0.3) is 0 Å². The summed E-state index contributed by atoms with van der Waals surface area (Å²) in [6.07, 6.45) is 14.4. The summed E-state index contributed by atoms with van der Waals surface area (Å²) < 4.78 is 0. The van der Waals surface area contributed by atoms with Gasteiger partial charge in [0, 0.05) is 0 Å². The number of hydrogen-bond donors (Lipinski definition) is 1. The van der Waals surface area contributed by atoms with Crippen molar-refractivity contribution in [1.82, 2.24) is 0 Å². The van der Waals surface area contributed by atoms with E-state index < -0.39 is 0 Å². The maximum Gasteiger partial charge on any atom is 0.0545 e. The predicted molar refractivity (Wildman–Crippen MR) is 91.5 cm³/mol. The predicted octanol–water partition coefficient (Wildman–Crippen LogP) is 5.42. The Kier molecular flexibility index (Phi) is 3.68. The van der Waals surface area contributed by atoms with Gasteiger partial charge >= 0.3 is 0 Å². The lowest BCUT2D eigenvalue weighted by atomic mass is 9.45. The molecule has 0 aliphatic heterocycles. The third-order valence-corrected chi connectivity index (χ3v) is 9.24. The van der Waals surface area contributed by atoms with E-state index in [1.54, 1.807) is 0 Å². The lowest BCUT2D eigenvalue weighted by molar-refractivity contribution is -0.118. The average molecular weight is 305 g/mol. The van der Waals surface area contributed by atoms with Crippen molar-refractivity contribution in [2.75, 3.05) is 0 Å². The fraction of sp³-hybridized carbons (Fsp3) is 1.00. The molecule has 4 aliphatic carbocycles. The van der Waals surface area contributed by atoms with Crippen LogP contribution in [0, 0.1) is 40.4 Å². The van der Waals surface area contributed by atoms with Gasteiger partial charge in [-0.05, 0) is 98.7 Å². The van der Waals surface area contributed by atoms with Crippen molar-refractivity contribution >= 4 is 0 Å². The molecule has 0 bridgehead atoms. The molecule has 0 heterocycles. The van der Waals surface area contributed by atoms with Gasteiger partial charge in [-0.1, -0.05) is 26.7 Å². The van der Waals surface area contributed by atoms with Crippen LogP contribution >= 0.6 is 0 Å². The number of aliphatic hydroxyl groups excluding tert-OH is 1. The van der Waals surface area contributed by atoms with Gasteiger partial charge in [-0.25, -0.2) is 0 Å². The summed E-state index contributed by atoms with van der Waals surface area (Å²) in [7, 11) is 0. The van der Waals surface area contributed by atoms with Crippen molar-refractivity contribution in [1.29, 1.82) is 0 Å². The zero-order chi connectivity index (χ0) is 15.5. The first-order valence-corrected chi connectivity index (χ1v) is 10.1. The molecule has 0 saturated heterocycles. The molecule has 0 radical (unpaired) electrons. The van der Waals surface area contributed by atoms with Crippen molar-refractivity contribution in [3.63, 3.8) is 0 Å². The van der Waals surface area contributed by atoms with E-state index in [0.717, 1.165) is 23.7 Å². The van der Waals surface area contributed by atoms with Crippen LogP contribution in [0.4, 0.5) is 0 Å². The quantitative estimate of drug-likeness (QED) is 0.686. The first kappa shape index (κ1) is 15.5. The van der Waals surface area contributed by atoms with Gasteiger partial charge in [0.15, 0.2) is 0 Å². The van der Waals surface area contributed by atoms with E-state index in [-0.39, 0.29) is 6.10 Å². The van der Waals surface area contributed by atoms with E-state index in [2.05, 4.69) is 13.8 Å². The summed E-state index contributed by atoms with van der Waals surface area (Å²) in [6.45, 7) is 7.24. The second-order valence-electron chi connectivity index (χ2n) is 9.87. The molecule has 1 heteroatoms. The van der Waals surface area contributed by atoms with Gasteiger partial charge in [-0.3, -0.25) is 0 Å². The Balaban J connectivity index is 1.62. The van der Waals surface area contributed by atoms with Crippen LogP contribution in [0.1, 0.15) is 85.0 Å². The molecule has 4 saturated carbocycles. The van der Waals surface area contributed by atoms with E-state index in [0.29, 0.717) is 16.7 Å². The summed E-state index contributed by atoms with van der Waals surface area (Å²) in [4.78, 5) is 0. The molecule has 8 atom stereocenters. The molecular formula is C21H36O. The van der Waals surface area contributed by atoms with E-state index in [1.807, 2.05) is 6.92 Å².